The number of hydrogen-bond acceptors (Lipinski definition) is 10. The number of hydrogen-bond donors (Lipinski definition) is 2. The number of rotatable bonds is 16. The maximum atomic E-state index is 16.7. The highest BCUT2D eigenvalue weighted by atomic mass is 32.1. The molecule has 5 fully saturated rings. The average Bonchev–Trinajstić information content (AvgIpc) is 3.58. The van der Waals surface area contributed by atoms with Crippen LogP contribution in [-0.2, 0) is 28.4 Å². The Morgan fingerprint density at radius 2 is 1.74 bits per heavy atom. The summed E-state index contributed by atoms with van der Waals surface area (Å²) in [5, 5.41) is 6.24. The van der Waals surface area contributed by atoms with Gasteiger partial charge in [0.2, 0.25) is 17.7 Å². The normalized spacial score (nSPS) is 26.5. The number of halogens is 1. The molecule has 0 radical (unpaired) electrons. The summed E-state index contributed by atoms with van der Waals surface area (Å²) in [4.78, 5) is 63.3. The number of likely N-dealkylation sites (N-methyl/N-ethyl adjacent to an activating group) is 1. The van der Waals surface area contributed by atoms with Gasteiger partial charge in [-0.3, -0.25) is 23.7 Å². The van der Waals surface area contributed by atoms with E-state index in [1.807, 2.05) is 30.0 Å². The molecule has 4 aliphatic heterocycles. The van der Waals surface area contributed by atoms with Crippen LogP contribution in [0, 0.1) is 0 Å². The van der Waals surface area contributed by atoms with Crippen LogP contribution in [-0.4, -0.2) is 114 Å². The molecule has 4 saturated heterocycles. The van der Waals surface area contributed by atoms with Gasteiger partial charge in [0.05, 0.1) is 17.6 Å². The van der Waals surface area contributed by atoms with E-state index in [1.54, 1.807) is 42.5 Å². The largest absolute Gasteiger partial charge is 0.465 e. The molecule has 0 bridgehead atoms. The van der Waals surface area contributed by atoms with Crippen molar-refractivity contribution in [3.05, 3.63) is 101 Å². The quantitative estimate of drug-likeness (QED) is 0.0831. The summed E-state index contributed by atoms with van der Waals surface area (Å²) in [6.07, 6.45) is 7.74. The number of carbonyl (C=O) groups is 4. The lowest BCUT2D eigenvalue weighted by Gasteiger charge is -2.42. The Morgan fingerprint density at radius 3 is 2.44 bits per heavy atom. The second-order valence-corrected chi connectivity index (χ2v) is 22.1. The van der Waals surface area contributed by atoms with Gasteiger partial charge in [-0.2, -0.15) is 0 Å². The summed E-state index contributed by atoms with van der Waals surface area (Å²) >= 11 is 1.21. The highest BCUT2D eigenvalue weighted by Crippen LogP contribution is 2.58. The highest BCUT2D eigenvalue weighted by molar-refractivity contribution is 7.57. The second kappa shape index (κ2) is 19.5. The zero-order valence-electron chi connectivity index (χ0n) is 37.9. The third-order valence-electron chi connectivity index (χ3n) is 14.4. The molecular weight excluding hydrogens is 881 g/mol. The monoisotopic (exact) mass is 941 g/mol. The molecule has 16 heteroatoms. The smallest absolute Gasteiger partial charge is 0.355 e. The third kappa shape index (κ3) is 9.69. The van der Waals surface area contributed by atoms with Crippen molar-refractivity contribution in [2.75, 3.05) is 33.4 Å². The predicted molar refractivity (Wildman–Crippen MR) is 251 cm³/mol. The minimum Gasteiger partial charge on any atom is -0.465 e. The van der Waals surface area contributed by atoms with E-state index in [0.29, 0.717) is 53.6 Å². The van der Waals surface area contributed by atoms with Gasteiger partial charge in [0.15, 0.2) is 0 Å². The maximum absolute atomic E-state index is 16.7. The van der Waals surface area contributed by atoms with Gasteiger partial charge in [0, 0.05) is 47.9 Å². The number of alkyl halides is 1. The van der Waals surface area contributed by atoms with Crippen LogP contribution < -0.4 is 14.9 Å². The van der Waals surface area contributed by atoms with Gasteiger partial charge >= 0.3 is 13.5 Å². The number of thiophene rings is 1. The van der Waals surface area contributed by atoms with Crippen LogP contribution in [0.25, 0.3) is 10.1 Å². The van der Waals surface area contributed by atoms with E-state index < -0.39 is 43.4 Å². The van der Waals surface area contributed by atoms with Crippen LogP contribution in [0.3, 0.4) is 0 Å². The van der Waals surface area contributed by atoms with Crippen LogP contribution in [0.4, 0.5) is 4.39 Å². The van der Waals surface area contributed by atoms with E-state index >= 15 is 4.39 Å². The first-order valence-electron chi connectivity index (χ1n) is 23.6. The van der Waals surface area contributed by atoms with Gasteiger partial charge in [-0.15, -0.1) is 11.3 Å². The van der Waals surface area contributed by atoms with Gasteiger partial charge in [0.1, 0.15) is 23.9 Å². The van der Waals surface area contributed by atoms with Crippen molar-refractivity contribution in [2.24, 2.45) is 0 Å². The summed E-state index contributed by atoms with van der Waals surface area (Å²) < 4.78 is 48.7. The Hall–Kier alpha value is -4.66. The first-order chi connectivity index (χ1) is 31.8. The lowest BCUT2D eigenvalue weighted by molar-refractivity contribution is -0.148. The number of ether oxygens (including phenoxy) is 2. The van der Waals surface area contributed by atoms with Gasteiger partial charge in [-0.25, -0.2) is 9.48 Å². The topological polar surface area (TPSA) is 147 Å². The minimum atomic E-state index is -4.47. The molecule has 1 spiro atoms. The zero-order chi connectivity index (χ0) is 46.2. The first-order valence-corrected chi connectivity index (χ1v) is 26.1. The van der Waals surface area contributed by atoms with Crippen LogP contribution in [0.2, 0.25) is 0 Å². The molecule has 3 unspecified atom stereocenters. The molecule has 13 nitrogen and oxygen atoms in total. The standard InChI is InChI=1S/C50H61FN5O8PS/c1-4-24-63-49(60)32(2)53-65(61,64-39-13-9-6-10-14-39)45(51)34-15-20-43-35(26-34)27-44(66-43)46(57)52-41-18-16-37(54(3)31-40-21-25-62-40)28-38-17-19-42(56(38)47(41)58)48(59)55-30-36(29-50(55)22-23-50)33-11-7-5-8-12-33/h5-15,20,26-27,32,36-38,40-42,45H,4,16-19,21-25,28-31H2,1-3H3,(H,52,57)(H,53,61)/t32-,36+,37-,38+,40?,41?,42-,45+,65?/m0/s1. The molecule has 1 aromatic heterocycles. The molecule has 3 amide bonds. The number of benzene rings is 3. The number of nitrogens with one attached hydrogen (secondary N) is 2. The summed E-state index contributed by atoms with van der Waals surface area (Å²) in [5.74, 6) is -3.12. The number of nitrogens with zero attached hydrogens (tertiary/aromatic N) is 3. The number of fused-ring (bicyclic) bond motifs is 2. The Balaban J connectivity index is 0.949. The molecule has 2 N–H and O–H groups in total. The lowest BCUT2D eigenvalue weighted by Crippen LogP contribution is -2.59. The van der Waals surface area contributed by atoms with Gasteiger partial charge < -0.3 is 34.0 Å². The van der Waals surface area contributed by atoms with E-state index in [0.717, 1.165) is 45.3 Å². The first kappa shape index (κ1) is 46.5. The number of para-hydroxylation sites is 1. The maximum Gasteiger partial charge on any atom is 0.355 e. The van der Waals surface area contributed by atoms with Crippen LogP contribution in [0.15, 0.2) is 84.9 Å². The zero-order valence-corrected chi connectivity index (χ0v) is 39.7. The fraction of sp³-hybridized carbons (Fsp3) is 0.520. The summed E-state index contributed by atoms with van der Waals surface area (Å²) in [6.45, 7) is 5.63. The molecule has 1 aliphatic carbocycles. The van der Waals surface area contributed by atoms with Crippen molar-refractivity contribution in [3.8, 4) is 5.75 Å². The lowest BCUT2D eigenvalue weighted by atomic mass is 9.93. The SMILES string of the molecule is CCCOC(=O)[C@H](C)NP(=O)(Oc1ccccc1)[C@@H](F)c1ccc2sc(C(=O)NC3CC[C@H](N(C)CC4CCO4)C[C@H]4CC[C@@H](C(=O)N5C[C@H](c6ccccc6)CC56CC6)N4C3=O)cc2c1. The minimum absolute atomic E-state index is 0.0199. The van der Waals surface area contributed by atoms with Crippen molar-refractivity contribution in [1.82, 2.24) is 25.1 Å². The summed E-state index contributed by atoms with van der Waals surface area (Å²) in [5.41, 5.74) is 1.11. The van der Waals surface area contributed by atoms with E-state index in [-0.39, 0.29) is 59.4 Å². The van der Waals surface area contributed by atoms with Crippen LogP contribution >= 0.6 is 18.9 Å². The van der Waals surface area contributed by atoms with E-state index in [2.05, 4.69) is 39.4 Å². The van der Waals surface area contributed by atoms with Crippen LogP contribution in [0.1, 0.15) is 111 Å². The number of esters is 1. The predicted octanol–water partition coefficient (Wildman–Crippen LogP) is 8.35. The third-order valence-corrected chi connectivity index (χ3v) is 17.6. The Labute approximate surface area is 390 Å². The summed E-state index contributed by atoms with van der Waals surface area (Å²) in [7, 11) is -2.36. The molecule has 5 aliphatic rings. The fourth-order valence-electron chi connectivity index (χ4n) is 10.5. The molecule has 9 rings (SSSR count). The van der Waals surface area contributed by atoms with Gasteiger partial charge in [-0.1, -0.05) is 61.5 Å². The summed E-state index contributed by atoms with van der Waals surface area (Å²) in [6, 6.07) is 22.3. The molecule has 1 saturated carbocycles. The fourth-order valence-corrected chi connectivity index (χ4v) is 13.4. The number of likely N-dealkylation sites (tertiary alicyclic amines) is 1. The highest BCUT2D eigenvalue weighted by Gasteiger charge is 2.58. The molecule has 9 atom stereocenters. The molecule has 352 valence electrons. The Bertz CT molecular complexity index is 2450. The molecular formula is C50H61FN5O8PS. The van der Waals surface area contributed by atoms with Gasteiger partial charge in [-0.05, 0) is 125 Å². The van der Waals surface area contributed by atoms with E-state index in [9.17, 15) is 23.7 Å². The van der Waals surface area contributed by atoms with Crippen molar-refractivity contribution >= 4 is 52.6 Å². The molecule has 4 aromatic rings. The average molecular weight is 942 g/mol. The van der Waals surface area contributed by atoms with Crippen molar-refractivity contribution < 1.29 is 42.1 Å². The van der Waals surface area contributed by atoms with E-state index in [4.69, 9.17) is 14.0 Å². The second-order valence-electron chi connectivity index (χ2n) is 19.0. The molecule has 66 heavy (non-hydrogen) atoms. The van der Waals surface area contributed by atoms with E-state index in [1.165, 1.54) is 36.0 Å². The van der Waals surface area contributed by atoms with Crippen molar-refractivity contribution in [3.63, 3.8) is 0 Å². The molecule has 3 aromatic carbocycles. The van der Waals surface area contributed by atoms with Crippen molar-refractivity contribution in [1.29, 1.82) is 0 Å². The Morgan fingerprint density at radius 1 is 1.00 bits per heavy atom. The van der Waals surface area contributed by atoms with Gasteiger partial charge in [0.25, 0.3) is 5.91 Å². The van der Waals surface area contributed by atoms with Crippen molar-refractivity contribution in [2.45, 2.75) is 132 Å². The number of amides is 3. The molecule has 5 heterocycles. The van der Waals surface area contributed by atoms with Crippen LogP contribution in [0.5, 0.6) is 5.75 Å². The number of carbonyl (C=O) groups excluding carboxylic acids is 4. The Kier molecular flexibility index (Phi) is 13.7.